The van der Waals surface area contributed by atoms with Gasteiger partial charge in [-0.3, -0.25) is 4.57 Å². The highest BCUT2D eigenvalue weighted by Gasteiger charge is 2.21. The van der Waals surface area contributed by atoms with Crippen LogP contribution in [0.1, 0.15) is 26.3 Å². The first-order valence-corrected chi connectivity index (χ1v) is 18.0. The predicted molar refractivity (Wildman–Crippen MR) is 220 cm³/mol. The van der Waals surface area contributed by atoms with Crippen LogP contribution in [0.15, 0.2) is 182 Å². The Balaban J connectivity index is 1.15. The number of imidazole rings is 1. The van der Waals surface area contributed by atoms with Crippen molar-refractivity contribution in [1.82, 2.24) is 9.55 Å². The number of benzene rings is 8. The Hall–Kier alpha value is -6.45. The Labute approximate surface area is 305 Å². The molecule has 0 aliphatic heterocycles. The van der Waals surface area contributed by atoms with Gasteiger partial charge in [-0.1, -0.05) is 154 Å². The average molecular weight is 670 g/mol. The molecule has 3 nitrogen and oxygen atoms in total. The number of aromatic nitrogens is 2. The summed E-state index contributed by atoms with van der Waals surface area (Å²) in [4.78, 5) is 7.75. The van der Waals surface area contributed by atoms with Crippen LogP contribution in [0.25, 0.3) is 60.8 Å². The third-order valence-electron chi connectivity index (χ3n) is 10.2. The maximum Gasteiger partial charge on any atom is 0.145 e. The van der Waals surface area contributed by atoms with Crippen LogP contribution in [0.2, 0.25) is 0 Å². The zero-order chi connectivity index (χ0) is 35.2. The van der Waals surface area contributed by atoms with Crippen molar-refractivity contribution in [3.05, 3.63) is 188 Å². The molecule has 52 heavy (non-hydrogen) atoms. The van der Waals surface area contributed by atoms with Crippen LogP contribution >= 0.6 is 0 Å². The van der Waals surface area contributed by atoms with Crippen molar-refractivity contribution >= 4 is 49.6 Å². The van der Waals surface area contributed by atoms with Gasteiger partial charge in [0, 0.05) is 39.1 Å². The lowest BCUT2D eigenvalue weighted by molar-refractivity contribution is 0.590. The Morgan fingerprint density at radius 3 is 1.42 bits per heavy atom. The lowest BCUT2D eigenvalue weighted by atomic mass is 9.87. The van der Waals surface area contributed by atoms with Gasteiger partial charge in [0.05, 0.1) is 11.0 Å². The molecule has 0 N–H and O–H groups in total. The summed E-state index contributed by atoms with van der Waals surface area (Å²) in [7, 11) is 0. The van der Waals surface area contributed by atoms with E-state index < -0.39 is 0 Å². The second-order valence-corrected chi connectivity index (χ2v) is 14.5. The predicted octanol–water partition coefficient (Wildman–Crippen LogP) is 13.4. The van der Waals surface area contributed by atoms with Crippen molar-refractivity contribution in [2.24, 2.45) is 0 Å². The number of para-hydroxylation sites is 2. The number of hydrogen-bond acceptors (Lipinski definition) is 2. The fourth-order valence-corrected chi connectivity index (χ4v) is 7.48. The van der Waals surface area contributed by atoms with Gasteiger partial charge in [-0.25, -0.2) is 4.98 Å². The second-order valence-electron chi connectivity index (χ2n) is 14.5. The molecule has 0 unspecified atom stereocenters. The van der Waals surface area contributed by atoms with Gasteiger partial charge < -0.3 is 4.90 Å². The molecular formula is C49H39N3. The highest BCUT2D eigenvalue weighted by atomic mass is 15.1. The highest BCUT2D eigenvalue weighted by Crippen LogP contribution is 2.40. The summed E-state index contributed by atoms with van der Waals surface area (Å²) in [5.74, 6) is 0.934. The second kappa shape index (κ2) is 12.7. The van der Waals surface area contributed by atoms with Gasteiger partial charge in [-0.2, -0.15) is 0 Å². The Morgan fingerprint density at radius 2 is 0.865 bits per heavy atom. The van der Waals surface area contributed by atoms with E-state index in [0.717, 1.165) is 50.7 Å². The molecule has 0 fully saturated rings. The van der Waals surface area contributed by atoms with Gasteiger partial charge in [0.15, 0.2) is 0 Å². The van der Waals surface area contributed by atoms with Crippen LogP contribution in [0.5, 0.6) is 0 Å². The third-order valence-corrected chi connectivity index (χ3v) is 10.2. The molecule has 0 spiro atoms. The first-order chi connectivity index (χ1) is 25.4. The van der Waals surface area contributed by atoms with E-state index >= 15 is 0 Å². The van der Waals surface area contributed by atoms with Gasteiger partial charge >= 0.3 is 0 Å². The number of rotatable bonds is 6. The van der Waals surface area contributed by atoms with Crippen molar-refractivity contribution in [3.63, 3.8) is 0 Å². The van der Waals surface area contributed by atoms with Crippen molar-refractivity contribution in [1.29, 1.82) is 0 Å². The molecule has 3 heteroatoms. The molecule has 0 saturated heterocycles. The van der Waals surface area contributed by atoms with Gasteiger partial charge in [0.25, 0.3) is 0 Å². The van der Waals surface area contributed by atoms with Crippen LogP contribution in [-0.4, -0.2) is 9.55 Å². The standard InChI is InChI=1S/C49H39N3/c1-49(2,3)37-28-32-41(33-29-37)52-47-45-21-13-11-19-43(45)42-18-10-12-20-44(42)46(47)50-48(52)36-24-22-34(23-25-36)35-26-30-40(31-27-35)51(38-14-6-4-7-15-38)39-16-8-5-9-17-39/h4-33H,1-3H3. The molecule has 9 rings (SSSR count). The molecule has 0 radical (unpaired) electrons. The molecule has 1 aromatic heterocycles. The fraction of sp³-hybridized carbons (Fsp3) is 0.0816. The lowest BCUT2D eigenvalue weighted by Gasteiger charge is -2.25. The lowest BCUT2D eigenvalue weighted by Crippen LogP contribution is -2.11. The third kappa shape index (κ3) is 5.52. The van der Waals surface area contributed by atoms with Crippen LogP contribution in [0.4, 0.5) is 17.1 Å². The summed E-state index contributed by atoms with van der Waals surface area (Å²) in [6.07, 6.45) is 0. The van der Waals surface area contributed by atoms with Crippen molar-refractivity contribution < 1.29 is 0 Å². The van der Waals surface area contributed by atoms with E-state index in [4.69, 9.17) is 4.98 Å². The number of anilines is 3. The van der Waals surface area contributed by atoms with Crippen molar-refractivity contribution in [3.8, 4) is 28.2 Å². The Kier molecular flexibility index (Phi) is 7.70. The molecule has 0 aliphatic rings. The monoisotopic (exact) mass is 669 g/mol. The summed E-state index contributed by atoms with van der Waals surface area (Å²) in [5, 5.41) is 4.83. The number of hydrogen-bond donors (Lipinski definition) is 0. The normalized spacial score (nSPS) is 11.8. The summed E-state index contributed by atoms with van der Waals surface area (Å²) in [6, 6.07) is 65.2. The molecule has 9 aromatic rings. The zero-order valence-electron chi connectivity index (χ0n) is 29.7. The maximum atomic E-state index is 5.46. The minimum atomic E-state index is 0.0661. The summed E-state index contributed by atoms with van der Waals surface area (Å²) in [5.41, 5.74) is 11.4. The smallest absolute Gasteiger partial charge is 0.145 e. The van der Waals surface area contributed by atoms with Gasteiger partial charge in [0.1, 0.15) is 5.82 Å². The zero-order valence-corrected chi connectivity index (χ0v) is 29.7. The topological polar surface area (TPSA) is 21.1 Å². The van der Waals surface area contributed by atoms with Gasteiger partial charge in [0.2, 0.25) is 0 Å². The molecule has 8 aromatic carbocycles. The Morgan fingerprint density at radius 1 is 0.423 bits per heavy atom. The van der Waals surface area contributed by atoms with Gasteiger partial charge in [-0.15, -0.1) is 0 Å². The highest BCUT2D eigenvalue weighted by molar-refractivity contribution is 6.24. The van der Waals surface area contributed by atoms with Gasteiger partial charge in [-0.05, 0) is 81.4 Å². The minimum absolute atomic E-state index is 0.0661. The van der Waals surface area contributed by atoms with Crippen LogP contribution in [-0.2, 0) is 5.41 Å². The van der Waals surface area contributed by atoms with E-state index in [9.17, 15) is 0 Å². The van der Waals surface area contributed by atoms with Crippen LogP contribution in [0, 0.1) is 0 Å². The average Bonchev–Trinajstić information content (AvgIpc) is 3.60. The maximum absolute atomic E-state index is 5.46. The minimum Gasteiger partial charge on any atom is -0.311 e. The van der Waals surface area contributed by atoms with E-state index in [0.29, 0.717) is 0 Å². The van der Waals surface area contributed by atoms with E-state index in [-0.39, 0.29) is 5.41 Å². The van der Waals surface area contributed by atoms with Crippen LogP contribution < -0.4 is 4.90 Å². The van der Waals surface area contributed by atoms with E-state index in [1.54, 1.807) is 0 Å². The first kappa shape index (κ1) is 31.5. The molecule has 1 heterocycles. The van der Waals surface area contributed by atoms with Crippen LogP contribution in [0.3, 0.4) is 0 Å². The first-order valence-electron chi connectivity index (χ1n) is 18.0. The summed E-state index contributed by atoms with van der Waals surface area (Å²) < 4.78 is 2.36. The van der Waals surface area contributed by atoms with E-state index in [1.807, 2.05) is 0 Å². The summed E-state index contributed by atoms with van der Waals surface area (Å²) in [6.45, 7) is 6.78. The number of fused-ring (bicyclic) bond motifs is 6. The summed E-state index contributed by atoms with van der Waals surface area (Å²) >= 11 is 0. The quantitative estimate of drug-likeness (QED) is 0.164. The number of nitrogens with zero attached hydrogens (tertiary/aromatic N) is 3. The van der Waals surface area contributed by atoms with E-state index in [1.165, 1.54) is 32.7 Å². The molecule has 0 aliphatic carbocycles. The largest absolute Gasteiger partial charge is 0.311 e. The fourth-order valence-electron chi connectivity index (χ4n) is 7.48. The molecular weight excluding hydrogens is 631 g/mol. The molecule has 0 atom stereocenters. The molecule has 0 amide bonds. The van der Waals surface area contributed by atoms with Crippen molar-refractivity contribution in [2.75, 3.05) is 4.90 Å². The molecule has 0 bridgehead atoms. The SMILES string of the molecule is CC(C)(C)c1ccc(-n2c(-c3ccc(-c4ccc(N(c5ccccc5)c5ccccc5)cc4)cc3)nc3c4ccccc4c4ccccc4c32)cc1. The Bertz CT molecular complexity index is 2630. The molecule has 250 valence electrons. The molecule has 0 saturated carbocycles. The van der Waals surface area contributed by atoms with Crippen molar-refractivity contribution in [2.45, 2.75) is 26.2 Å². The van der Waals surface area contributed by atoms with E-state index in [2.05, 4.69) is 212 Å².